The molecule has 0 aliphatic carbocycles. The first kappa shape index (κ1) is 23.3. The summed E-state index contributed by atoms with van der Waals surface area (Å²) in [6, 6.07) is 2.79. The smallest absolute Gasteiger partial charge is 0.416 e. The molecule has 3 aliphatic rings. The van der Waals surface area contributed by atoms with Gasteiger partial charge in [0, 0.05) is 18.2 Å². The Hall–Kier alpha value is -3.48. The summed E-state index contributed by atoms with van der Waals surface area (Å²) < 4.78 is 52.5. The van der Waals surface area contributed by atoms with Crippen molar-refractivity contribution in [2.45, 2.75) is 51.6 Å². The molecule has 0 bridgehead atoms. The Kier molecular flexibility index (Phi) is 5.16. The fourth-order valence-electron chi connectivity index (χ4n) is 5.23. The molecule has 0 radical (unpaired) electrons. The molecule has 0 unspecified atom stereocenters. The van der Waals surface area contributed by atoms with E-state index in [0.29, 0.717) is 22.7 Å². The number of aryl methyl sites for hydroxylation is 1. The maximum atomic E-state index is 13.9. The van der Waals surface area contributed by atoms with Crippen LogP contribution in [0.25, 0.3) is 11.5 Å². The number of morpholine rings is 1. The Labute approximate surface area is 197 Å². The number of aromatic nitrogens is 2. The Balaban J connectivity index is 1.70. The van der Waals surface area contributed by atoms with Crippen molar-refractivity contribution in [1.82, 2.24) is 20.8 Å². The summed E-state index contributed by atoms with van der Waals surface area (Å²) in [4.78, 5) is 39.9. The van der Waals surface area contributed by atoms with E-state index in [4.69, 9.17) is 9.15 Å². The maximum absolute atomic E-state index is 13.9. The number of rotatable bonds is 2. The van der Waals surface area contributed by atoms with Gasteiger partial charge in [0.2, 0.25) is 23.6 Å². The summed E-state index contributed by atoms with van der Waals surface area (Å²) in [6.07, 6.45) is -8.11. The number of urea groups is 1. The topological polar surface area (TPSA) is 127 Å². The Morgan fingerprint density at radius 1 is 1.14 bits per heavy atom. The lowest BCUT2D eigenvalue weighted by atomic mass is 9.65. The second kappa shape index (κ2) is 7.77. The van der Waals surface area contributed by atoms with Crippen LogP contribution < -0.4 is 15.5 Å². The van der Waals surface area contributed by atoms with E-state index in [-0.39, 0.29) is 12.3 Å². The molecular weight excluding hydrogens is 471 g/mol. The van der Waals surface area contributed by atoms with Gasteiger partial charge in [0.05, 0.1) is 18.7 Å². The van der Waals surface area contributed by atoms with Crippen LogP contribution in [0.5, 0.6) is 0 Å². The average molecular weight is 493 g/mol. The summed E-state index contributed by atoms with van der Waals surface area (Å²) in [7, 11) is 0. The molecule has 1 aromatic heterocycles. The van der Waals surface area contributed by atoms with Gasteiger partial charge in [-0.2, -0.15) is 13.2 Å². The molecule has 1 spiro atoms. The van der Waals surface area contributed by atoms with E-state index in [2.05, 4.69) is 20.8 Å². The van der Waals surface area contributed by atoms with Gasteiger partial charge in [-0.25, -0.2) is 4.79 Å². The van der Waals surface area contributed by atoms with Crippen LogP contribution in [-0.4, -0.2) is 59.0 Å². The van der Waals surface area contributed by atoms with Crippen LogP contribution in [-0.2, 0) is 20.7 Å². The number of nitrogens with zero attached hydrogens (tertiary/aromatic N) is 3. The van der Waals surface area contributed by atoms with Gasteiger partial charge in [0.15, 0.2) is 11.5 Å². The maximum Gasteiger partial charge on any atom is 0.416 e. The molecule has 0 saturated carbocycles. The lowest BCUT2D eigenvalue weighted by molar-refractivity contribution is -0.250. The van der Waals surface area contributed by atoms with Gasteiger partial charge in [0.25, 0.3) is 0 Å². The van der Waals surface area contributed by atoms with Gasteiger partial charge in [-0.05, 0) is 36.1 Å². The zero-order chi connectivity index (χ0) is 25.3. The van der Waals surface area contributed by atoms with Crippen molar-refractivity contribution in [3.05, 3.63) is 29.7 Å². The second-order valence-electron chi connectivity index (χ2n) is 9.33. The average Bonchev–Trinajstić information content (AvgIpc) is 3.21. The summed E-state index contributed by atoms with van der Waals surface area (Å²) in [5, 5.41) is 12.0. The van der Waals surface area contributed by atoms with Crippen LogP contribution >= 0.6 is 0 Å². The number of alkyl halides is 3. The summed E-state index contributed by atoms with van der Waals surface area (Å²) in [5.41, 5.74) is -0.567. The third kappa shape index (κ3) is 3.56. The van der Waals surface area contributed by atoms with Crippen LogP contribution in [0, 0.1) is 18.3 Å². The highest BCUT2D eigenvalue weighted by atomic mass is 19.4. The predicted molar refractivity (Wildman–Crippen MR) is 113 cm³/mol. The highest BCUT2D eigenvalue weighted by molar-refractivity contribution is 6.20. The monoisotopic (exact) mass is 493 g/mol. The predicted octanol–water partition coefficient (Wildman–Crippen LogP) is 2.11. The molecule has 4 heterocycles. The number of carbonyl (C=O) groups is 3. The number of carbonyl (C=O) groups excluding carboxylic acids is 3. The van der Waals surface area contributed by atoms with Crippen LogP contribution in [0.2, 0.25) is 0 Å². The van der Waals surface area contributed by atoms with Crippen molar-refractivity contribution in [3.8, 4) is 11.5 Å². The standard InChI is InChI=1S/C22H22F3N5O5/c1-9(2)15-16-21(18(31)26-20(33)27-19(21)32)7-12-6-11(17-29-28-10(3)34-17)4-5-13(12)30(16)8-14(35-15)22(23,24)25/h4-6,9,14-16H,7-8H2,1-3H3,(H2,26,27,31,32,33)/t14-,15-,16+/m0/s1. The number of nitrogens with one attached hydrogen (secondary N) is 2. The third-order valence-corrected chi connectivity index (χ3v) is 6.75. The van der Waals surface area contributed by atoms with Gasteiger partial charge >= 0.3 is 12.2 Å². The van der Waals surface area contributed by atoms with Crippen LogP contribution in [0.3, 0.4) is 0 Å². The second-order valence-corrected chi connectivity index (χ2v) is 9.33. The molecule has 2 N–H and O–H groups in total. The first-order valence-corrected chi connectivity index (χ1v) is 11.0. The number of halogens is 3. The van der Waals surface area contributed by atoms with Crippen molar-refractivity contribution < 1.29 is 36.7 Å². The Morgan fingerprint density at radius 2 is 1.83 bits per heavy atom. The first-order valence-electron chi connectivity index (χ1n) is 11.0. The quantitative estimate of drug-likeness (QED) is 0.610. The fraction of sp³-hybridized carbons (Fsp3) is 0.500. The molecule has 2 aromatic rings. The number of imide groups is 2. The van der Waals surface area contributed by atoms with E-state index in [1.807, 2.05) is 0 Å². The zero-order valence-electron chi connectivity index (χ0n) is 19.0. The Morgan fingerprint density at radius 3 is 2.40 bits per heavy atom. The minimum Gasteiger partial charge on any atom is -0.421 e. The molecule has 4 amide bonds. The highest BCUT2D eigenvalue weighted by Crippen LogP contribution is 2.49. The minimum absolute atomic E-state index is 0.168. The largest absolute Gasteiger partial charge is 0.421 e. The highest BCUT2D eigenvalue weighted by Gasteiger charge is 2.65. The Bertz CT molecular complexity index is 1210. The van der Waals surface area contributed by atoms with Crippen molar-refractivity contribution in [3.63, 3.8) is 0 Å². The zero-order valence-corrected chi connectivity index (χ0v) is 19.0. The SMILES string of the molecule is Cc1nnc(-c2ccc3c(c2)CC2(C(=O)NC(=O)NC2=O)[C@H]2[C@H](C(C)C)O[C@H](C(F)(F)F)CN32)o1. The fourth-order valence-corrected chi connectivity index (χ4v) is 5.23. The molecule has 13 heteroatoms. The molecule has 5 rings (SSSR count). The molecule has 2 fully saturated rings. The van der Waals surface area contributed by atoms with E-state index in [1.165, 1.54) is 4.90 Å². The van der Waals surface area contributed by atoms with Gasteiger partial charge in [-0.15, -0.1) is 10.2 Å². The van der Waals surface area contributed by atoms with Crippen molar-refractivity contribution in [1.29, 1.82) is 0 Å². The molecule has 3 atom stereocenters. The normalized spacial score (nSPS) is 25.9. The van der Waals surface area contributed by atoms with Crippen molar-refractivity contribution >= 4 is 23.5 Å². The first-order chi connectivity index (χ1) is 16.4. The number of benzene rings is 1. The minimum atomic E-state index is -4.67. The lowest BCUT2D eigenvalue weighted by Crippen LogP contribution is -2.76. The molecular formula is C22H22F3N5O5. The van der Waals surface area contributed by atoms with E-state index in [1.54, 1.807) is 39.0 Å². The number of anilines is 1. The number of hydrogen-bond acceptors (Lipinski definition) is 8. The van der Waals surface area contributed by atoms with Gasteiger partial charge in [0.1, 0.15) is 0 Å². The summed E-state index contributed by atoms with van der Waals surface area (Å²) in [5.74, 6) is -1.74. The van der Waals surface area contributed by atoms with E-state index >= 15 is 0 Å². The molecule has 10 nitrogen and oxygen atoms in total. The molecule has 2 saturated heterocycles. The number of amides is 4. The lowest BCUT2D eigenvalue weighted by Gasteiger charge is -2.57. The van der Waals surface area contributed by atoms with Crippen LogP contribution in [0.4, 0.5) is 23.7 Å². The number of ether oxygens (including phenoxy) is 1. The van der Waals surface area contributed by atoms with Crippen molar-refractivity contribution in [2.24, 2.45) is 11.3 Å². The number of barbiturate groups is 1. The molecule has 1 aromatic carbocycles. The van der Waals surface area contributed by atoms with Crippen LogP contribution in [0.15, 0.2) is 22.6 Å². The van der Waals surface area contributed by atoms with Crippen LogP contribution in [0.1, 0.15) is 25.3 Å². The molecule has 35 heavy (non-hydrogen) atoms. The number of fused-ring (bicyclic) bond motifs is 4. The third-order valence-electron chi connectivity index (χ3n) is 6.75. The molecule has 186 valence electrons. The van der Waals surface area contributed by atoms with Gasteiger partial charge in [-0.1, -0.05) is 13.8 Å². The number of hydrogen-bond donors (Lipinski definition) is 2. The van der Waals surface area contributed by atoms with Crippen molar-refractivity contribution in [2.75, 3.05) is 11.4 Å². The van der Waals surface area contributed by atoms with E-state index in [9.17, 15) is 27.6 Å². The van der Waals surface area contributed by atoms with Gasteiger partial charge < -0.3 is 14.1 Å². The van der Waals surface area contributed by atoms with Gasteiger partial charge in [-0.3, -0.25) is 20.2 Å². The summed E-state index contributed by atoms with van der Waals surface area (Å²) >= 11 is 0. The van der Waals surface area contributed by atoms with E-state index < -0.39 is 60.1 Å². The summed E-state index contributed by atoms with van der Waals surface area (Å²) in [6.45, 7) is 4.31. The van der Waals surface area contributed by atoms with E-state index in [0.717, 1.165) is 0 Å². The molecule has 3 aliphatic heterocycles.